The molecular formula is C14H23NO4. The van der Waals surface area contributed by atoms with Crippen LogP contribution in [0, 0.1) is 11.8 Å². The number of hydrogen-bond donors (Lipinski definition) is 1. The van der Waals surface area contributed by atoms with E-state index in [0.717, 1.165) is 10.5 Å². The SMILES string of the molecule is C/C=C(\C)[C@H](O)[C@H](C)C(=O)N1C(=O)OC[C@H]1C(C)C. The predicted molar refractivity (Wildman–Crippen MR) is 71.4 cm³/mol. The van der Waals surface area contributed by atoms with Crippen LogP contribution in [0.1, 0.15) is 34.6 Å². The van der Waals surface area contributed by atoms with E-state index in [0.29, 0.717) is 0 Å². The zero-order valence-electron chi connectivity index (χ0n) is 12.2. The van der Waals surface area contributed by atoms with Crippen LogP contribution in [0.3, 0.4) is 0 Å². The van der Waals surface area contributed by atoms with Crippen molar-refractivity contribution in [1.82, 2.24) is 4.90 Å². The second kappa shape index (κ2) is 6.19. The van der Waals surface area contributed by atoms with Crippen molar-refractivity contribution in [2.24, 2.45) is 11.8 Å². The highest BCUT2D eigenvalue weighted by Crippen LogP contribution is 2.24. The number of nitrogens with zero attached hydrogens (tertiary/aromatic N) is 1. The van der Waals surface area contributed by atoms with Gasteiger partial charge in [0.1, 0.15) is 6.61 Å². The Morgan fingerprint density at radius 3 is 2.53 bits per heavy atom. The molecule has 2 amide bonds. The number of hydrogen-bond acceptors (Lipinski definition) is 4. The average Bonchev–Trinajstić information content (AvgIpc) is 2.77. The maximum atomic E-state index is 12.4. The van der Waals surface area contributed by atoms with Gasteiger partial charge in [0.15, 0.2) is 0 Å². The number of allylic oxidation sites excluding steroid dienone is 1. The van der Waals surface area contributed by atoms with Gasteiger partial charge in [0.2, 0.25) is 5.91 Å². The molecule has 1 N–H and O–H groups in total. The van der Waals surface area contributed by atoms with Gasteiger partial charge in [-0.05, 0) is 25.3 Å². The topological polar surface area (TPSA) is 66.8 Å². The predicted octanol–water partition coefficient (Wildman–Crippen LogP) is 1.95. The minimum Gasteiger partial charge on any atom is -0.447 e. The van der Waals surface area contributed by atoms with Crippen LogP contribution in [0.4, 0.5) is 4.79 Å². The number of carbonyl (C=O) groups is 2. The number of amides is 2. The Balaban J connectivity index is 2.89. The van der Waals surface area contributed by atoms with Crippen molar-refractivity contribution >= 4 is 12.0 Å². The Kier molecular flexibility index (Phi) is 5.11. The molecular weight excluding hydrogens is 246 g/mol. The van der Waals surface area contributed by atoms with Gasteiger partial charge in [0.25, 0.3) is 0 Å². The third-order valence-electron chi connectivity index (χ3n) is 3.70. The van der Waals surface area contributed by atoms with Gasteiger partial charge in [-0.2, -0.15) is 0 Å². The molecule has 1 heterocycles. The first-order valence-corrected chi connectivity index (χ1v) is 6.62. The quantitative estimate of drug-likeness (QED) is 0.792. The lowest BCUT2D eigenvalue weighted by molar-refractivity contribution is -0.136. The summed E-state index contributed by atoms with van der Waals surface area (Å²) in [6.07, 6.45) is 0.274. The molecule has 1 fully saturated rings. The van der Waals surface area contributed by atoms with Crippen molar-refractivity contribution < 1.29 is 19.4 Å². The Bertz CT molecular complexity index is 389. The maximum absolute atomic E-state index is 12.4. The van der Waals surface area contributed by atoms with E-state index in [4.69, 9.17) is 4.74 Å². The molecule has 5 nitrogen and oxygen atoms in total. The molecule has 1 rings (SSSR count). The Morgan fingerprint density at radius 1 is 1.47 bits per heavy atom. The second-order valence-electron chi connectivity index (χ2n) is 5.36. The van der Waals surface area contributed by atoms with E-state index < -0.39 is 18.1 Å². The summed E-state index contributed by atoms with van der Waals surface area (Å²) in [6.45, 7) is 9.29. The van der Waals surface area contributed by atoms with E-state index in [9.17, 15) is 14.7 Å². The van der Waals surface area contributed by atoms with Gasteiger partial charge in [0.05, 0.1) is 18.1 Å². The Hall–Kier alpha value is -1.36. The smallest absolute Gasteiger partial charge is 0.416 e. The fourth-order valence-electron chi connectivity index (χ4n) is 2.10. The molecule has 108 valence electrons. The first-order valence-electron chi connectivity index (χ1n) is 6.62. The van der Waals surface area contributed by atoms with Crippen molar-refractivity contribution in [3.8, 4) is 0 Å². The van der Waals surface area contributed by atoms with Crippen LogP contribution >= 0.6 is 0 Å². The molecule has 0 saturated carbocycles. The first-order chi connectivity index (χ1) is 8.81. The molecule has 0 spiro atoms. The molecule has 1 aliphatic heterocycles. The highest BCUT2D eigenvalue weighted by atomic mass is 16.6. The zero-order valence-corrected chi connectivity index (χ0v) is 12.2. The molecule has 0 aromatic carbocycles. The van der Waals surface area contributed by atoms with Crippen molar-refractivity contribution in [3.63, 3.8) is 0 Å². The third-order valence-corrected chi connectivity index (χ3v) is 3.70. The van der Waals surface area contributed by atoms with Gasteiger partial charge in [-0.3, -0.25) is 4.79 Å². The summed E-state index contributed by atoms with van der Waals surface area (Å²) < 4.78 is 4.95. The summed E-state index contributed by atoms with van der Waals surface area (Å²) in [6, 6.07) is -0.249. The molecule has 0 unspecified atom stereocenters. The number of imide groups is 1. The summed E-state index contributed by atoms with van der Waals surface area (Å²) in [5.74, 6) is -0.916. The lowest BCUT2D eigenvalue weighted by Crippen LogP contribution is -2.46. The van der Waals surface area contributed by atoms with E-state index in [1.54, 1.807) is 26.8 Å². The van der Waals surface area contributed by atoms with Crippen molar-refractivity contribution in [2.45, 2.75) is 46.8 Å². The Morgan fingerprint density at radius 2 is 2.05 bits per heavy atom. The highest BCUT2D eigenvalue weighted by Gasteiger charge is 2.42. The average molecular weight is 269 g/mol. The van der Waals surface area contributed by atoms with Crippen molar-refractivity contribution in [1.29, 1.82) is 0 Å². The third kappa shape index (κ3) is 3.15. The minimum absolute atomic E-state index is 0.127. The second-order valence-corrected chi connectivity index (χ2v) is 5.36. The minimum atomic E-state index is -0.876. The van der Waals surface area contributed by atoms with E-state index in [2.05, 4.69) is 0 Å². The zero-order chi connectivity index (χ0) is 14.7. The lowest BCUT2D eigenvalue weighted by atomic mass is 9.95. The summed E-state index contributed by atoms with van der Waals surface area (Å²) in [4.78, 5) is 25.2. The molecule has 0 bridgehead atoms. The maximum Gasteiger partial charge on any atom is 0.416 e. The Labute approximate surface area is 114 Å². The van der Waals surface area contributed by atoms with Crippen LogP contribution in [0.25, 0.3) is 0 Å². The van der Waals surface area contributed by atoms with Crippen LogP contribution in [0.5, 0.6) is 0 Å². The van der Waals surface area contributed by atoms with Gasteiger partial charge in [-0.15, -0.1) is 0 Å². The first kappa shape index (κ1) is 15.7. The molecule has 1 saturated heterocycles. The van der Waals surface area contributed by atoms with Gasteiger partial charge in [-0.1, -0.05) is 26.8 Å². The van der Waals surface area contributed by atoms with Crippen LogP contribution in [0.15, 0.2) is 11.6 Å². The fraction of sp³-hybridized carbons (Fsp3) is 0.714. The van der Waals surface area contributed by atoms with Crippen molar-refractivity contribution in [2.75, 3.05) is 6.61 Å². The van der Waals surface area contributed by atoms with Gasteiger partial charge < -0.3 is 9.84 Å². The van der Waals surface area contributed by atoms with E-state index in [1.165, 1.54) is 0 Å². The van der Waals surface area contributed by atoms with Gasteiger partial charge in [0, 0.05) is 0 Å². The van der Waals surface area contributed by atoms with Crippen LogP contribution in [0.2, 0.25) is 0 Å². The number of ether oxygens (including phenoxy) is 1. The van der Waals surface area contributed by atoms with Crippen LogP contribution < -0.4 is 0 Å². The van der Waals surface area contributed by atoms with E-state index >= 15 is 0 Å². The van der Waals surface area contributed by atoms with Crippen molar-refractivity contribution in [3.05, 3.63) is 11.6 Å². The summed E-state index contributed by atoms with van der Waals surface area (Å²) in [7, 11) is 0. The molecule has 5 heteroatoms. The molecule has 0 aromatic rings. The number of carbonyl (C=O) groups excluding carboxylic acids is 2. The summed E-state index contributed by atoms with van der Waals surface area (Å²) in [5, 5.41) is 10.1. The molecule has 0 aromatic heterocycles. The highest BCUT2D eigenvalue weighted by molar-refractivity contribution is 5.95. The number of cyclic esters (lactones) is 1. The molecule has 19 heavy (non-hydrogen) atoms. The van der Waals surface area contributed by atoms with E-state index in [1.807, 2.05) is 13.8 Å². The lowest BCUT2D eigenvalue weighted by Gasteiger charge is -2.27. The molecule has 1 aliphatic rings. The number of aliphatic hydroxyl groups excluding tert-OH is 1. The normalized spacial score (nSPS) is 23.5. The monoisotopic (exact) mass is 269 g/mol. The van der Waals surface area contributed by atoms with Gasteiger partial charge >= 0.3 is 6.09 Å². The van der Waals surface area contributed by atoms with Crippen LogP contribution in [-0.4, -0.2) is 40.8 Å². The van der Waals surface area contributed by atoms with Crippen LogP contribution in [-0.2, 0) is 9.53 Å². The summed E-state index contributed by atoms with van der Waals surface area (Å²) >= 11 is 0. The van der Waals surface area contributed by atoms with Gasteiger partial charge in [-0.25, -0.2) is 9.69 Å². The summed E-state index contributed by atoms with van der Waals surface area (Å²) in [5.41, 5.74) is 0.717. The van der Waals surface area contributed by atoms with E-state index in [-0.39, 0.29) is 24.5 Å². The fourth-order valence-corrected chi connectivity index (χ4v) is 2.10. The molecule has 0 radical (unpaired) electrons. The molecule has 0 aliphatic carbocycles. The number of aliphatic hydroxyl groups is 1. The standard InChI is InChI=1S/C14H23NO4/c1-6-9(4)12(16)10(5)13(17)15-11(8(2)3)7-19-14(15)18/h6,8,10-12,16H,7H2,1-5H3/b9-6+/t10-,11-,12-/m0/s1. The molecule has 3 atom stereocenters. The number of rotatable bonds is 4. The largest absolute Gasteiger partial charge is 0.447 e.